The van der Waals surface area contributed by atoms with E-state index in [-0.39, 0.29) is 5.91 Å². The molecule has 0 aliphatic carbocycles. The summed E-state index contributed by atoms with van der Waals surface area (Å²) in [5, 5.41) is 8.43. The molecule has 2 N–H and O–H groups in total. The summed E-state index contributed by atoms with van der Waals surface area (Å²) in [5.74, 6) is -2.77. The number of hydrogen-bond acceptors (Lipinski definition) is 4. The standard InChI is InChI=1S/C10H18N2O5S/c1-8(11-18(16,17)7-9(13)14)10(15)12-5-3-2-4-6-12/h8,11H,2-7H2,1H3,(H,13,14). The molecule has 104 valence electrons. The van der Waals surface area contributed by atoms with Crippen LogP contribution in [-0.2, 0) is 19.6 Å². The second-order valence-electron chi connectivity index (χ2n) is 4.38. The summed E-state index contributed by atoms with van der Waals surface area (Å²) in [7, 11) is -3.96. The third kappa shape index (κ3) is 4.61. The van der Waals surface area contributed by atoms with Gasteiger partial charge in [0, 0.05) is 13.1 Å². The fraction of sp³-hybridized carbons (Fsp3) is 0.800. The highest BCUT2D eigenvalue weighted by molar-refractivity contribution is 7.90. The summed E-state index contributed by atoms with van der Waals surface area (Å²) in [6, 6.07) is -0.924. The molecule has 0 aromatic heterocycles. The van der Waals surface area contributed by atoms with Gasteiger partial charge in [-0.2, -0.15) is 0 Å². The maximum Gasteiger partial charge on any atom is 0.320 e. The van der Waals surface area contributed by atoms with Crippen LogP contribution in [0.25, 0.3) is 0 Å². The van der Waals surface area contributed by atoms with Crippen LogP contribution in [0.2, 0.25) is 0 Å². The van der Waals surface area contributed by atoms with Crippen LogP contribution >= 0.6 is 0 Å². The third-order valence-corrected chi connectivity index (χ3v) is 4.05. The molecule has 0 aromatic rings. The molecule has 1 aliphatic heterocycles. The highest BCUT2D eigenvalue weighted by atomic mass is 32.2. The van der Waals surface area contributed by atoms with Crippen molar-refractivity contribution in [2.75, 3.05) is 18.8 Å². The fourth-order valence-electron chi connectivity index (χ4n) is 1.91. The topological polar surface area (TPSA) is 104 Å². The molecule has 8 heteroatoms. The lowest BCUT2D eigenvalue weighted by molar-refractivity contribution is -0.135. The van der Waals surface area contributed by atoms with E-state index in [9.17, 15) is 18.0 Å². The molecule has 1 unspecified atom stereocenters. The van der Waals surface area contributed by atoms with Gasteiger partial charge in [0.25, 0.3) is 0 Å². The number of nitrogens with one attached hydrogen (secondary N) is 1. The molecule has 0 spiro atoms. The molecule has 18 heavy (non-hydrogen) atoms. The summed E-state index contributed by atoms with van der Waals surface area (Å²) in [6.07, 6.45) is 2.91. The molecular formula is C10H18N2O5S. The van der Waals surface area contributed by atoms with Gasteiger partial charge in [0.1, 0.15) is 0 Å². The number of sulfonamides is 1. The van der Waals surface area contributed by atoms with Crippen molar-refractivity contribution in [1.29, 1.82) is 0 Å². The number of nitrogens with zero attached hydrogens (tertiary/aromatic N) is 1. The number of rotatable bonds is 5. The van der Waals surface area contributed by atoms with E-state index in [1.54, 1.807) is 4.90 Å². The Morgan fingerprint density at radius 1 is 1.28 bits per heavy atom. The molecule has 1 rings (SSSR count). The van der Waals surface area contributed by atoms with Crippen molar-refractivity contribution in [2.24, 2.45) is 0 Å². The summed E-state index contributed by atoms with van der Waals surface area (Å²) >= 11 is 0. The molecule has 0 saturated carbocycles. The van der Waals surface area contributed by atoms with Crippen molar-refractivity contribution in [1.82, 2.24) is 9.62 Å². The Morgan fingerprint density at radius 2 is 1.83 bits per heavy atom. The summed E-state index contributed by atoms with van der Waals surface area (Å²) in [6.45, 7) is 2.68. The van der Waals surface area contributed by atoms with Gasteiger partial charge < -0.3 is 10.0 Å². The van der Waals surface area contributed by atoms with E-state index < -0.39 is 27.8 Å². The van der Waals surface area contributed by atoms with Crippen LogP contribution in [0.4, 0.5) is 0 Å². The van der Waals surface area contributed by atoms with Crippen molar-refractivity contribution in [3.05, 3.63) is 0 Å². The fourth-order valence-corrected chi connectivity index (χ4v) is 2.96. The first-order valence-corrected chi connectivity index (χ1v) is 7.47. The molecule has 1 aliphatic rings. The molecule has 0 bridgehead atoms. The van der Waals surface area contributed by atoms with Gasteiger partial charge in [-0.15, -0.1) is 0 Å². The van der Waals surface area contributed by atoms with Crippen molar-refractivity contribution in [2.45, 2.75) is 32.2 Å². The van der Waals surface area contributed by atoms with Gasteiger partial charge in [0.05, 0.1) is 6.04 Å². The van der Waals surface area contributed by atoms with Crippen LogP contribution in [0, 0.1) is 0 Å². The first-order chi connectivity index (χ1) is 8.32. The second-order valence-corrected chi connectivity index (χ2v) is 6.13. The van der Waals surface area contributed by atoms with E-state index >= 15 is 0 Å². The van der Waals surface area contributed by atoms with Gasteiger partial charge in [-0.1, -0.05) is 0 Å². The van der Waals surface area contributed by atoms with Crippen molar-refractivity contribution in [3.63, 3.8) is 0 Å². The molecule has 1 saturated heterocycles. The molecule has 0 aromatic carbocycles. The minimum atomic E-state index is -3.96. The number of carboxylic acid groups (broad SMARTS) is 1. The van der Waals surface area contributed by atoms with Gasteiger partial charge in [-0.05, 0) is 26.2 Å². The minimum absolute atomic E-state index is 0.302. The number of likely N-dealkylation sites (tertiary alicyclic amines) is 1. The summed E-state index contributed by atoms with van der Waals surface area (Å²) < 4.78 is 24.8. The SMILES string of the molecule is CC(NS(=O)(=O)CC(=O)O)C(=O)N1CCCCC1. The maximum atomic E-state index is 11.9. The predicted molar refractivity (Wildman–Crippen MR) is 64.5 cm³/mol. The van der Waals surface area contributed by atoms with E-state index in [1.165, 1.54) is 6.92 Å². The lowest BCUT2D eigenvalue weighted by Gasteiger charge is -2.29. The monoisotopic (exact) mass is 278 g/mol. The van der Waals surface area contributed by atoms with E-state index in [0.717, 1.165) is 19.3 Å². The molecule has 1 fully saturated rings. The van der Waals surface area contributed by atoms with Gasteiger partial charge in [0.15, 0.2) is 5.75 Å². The van der Waals surface area contributed by atoms with Crippen molar-refractivity contribution in [3.8, 4) is 0 Å². The number of amides is 1. The van der Waals surface area contributed by atoms with Crippen molar-refractivity contribution < 1.29 is 23.1 Å². The van der Waals surface area contributed by atoms with Crippen LogP contribution in [0.3, 0.4) is 0 Å². The van der Waals surface area contributed by atoms with Crippen LogP contribution < -0.4 is 4.72 Å². The van der Waals surface area contributed by atoms with Gasteiger partial charge in [-0.3, -0.25) is 9.59 Å². The average molecular weight is 278 g/mol. The minimum Gasteiger partial charge on any atom is -0.480 e. The zero-order chi connectivity index (χ0) is 13.8. The first-order valence-electron chi connectivity index (χ1n) is 5.82. The largest absolute Gasteiger partial charge is 0.480 e. The highest BCUT2D eigenvalue weighted by Crippen LogP contribution is 2.10. The molecule has 0 radical (unpaired) electrons. The van der Waals surface area contributed by atoms with E-state index in [1.807, 2.05) is 0 Å². The predicted octanol–water partition coefficient (Wildman–Crippen LogP) is -0.609. The number of carbonyl (C=O) groups excluding carboxylic acids is 1. The Bertz CT molecular complexity index is 414. The maximum absolute atomic E-state index is 11.9. The van der Waals surface area contributed by atoms with E-state index in [2.05, 4.69) is 4.72 Å². The number of piperidine rings is 1. The zero-order valence-corrected chi connectivity index (χ0v) is 11.1. The van der Waals surface area contributed by atoms with Gasteiger partial charge in [-0.25, -0.2) is 13.1 Å². The number of aliphatic carboxylic acids is 1. The highest BCUT2D eigenvalue weighted by Gasteiger charge is 2.26. The zero-order valence-electron chi connectivity index (χ0n) is 10.3. The molecule has 1 heterocycles. The van der Waals surface area contributed by atoms with Crippen LogP contribution in [0.15, 0.2) is 0 Å². The van der Waals surface area contributed by atoms with E-state index in [4.69, 9.17) is 5.11 Å². The summed E-state index contributed by atoms with van der Waals surface area (Å²) in [5.41, 5.74) is 0. The average Bonchev–Trinajstić information content (AvgIpc) is 2.26. The number of carbonyl (C=O) groups is 2. The normalized spacial score (nSPS) is 18.4. The molecule has 1 amide bonds. The number of hydrogen-bond donors (Lipinski definition) is 2. The Kier molecular flexibility index (Phi) is 5.09. The molecule has 7 nitrogen and oxygen atoms in total. The molecule has 1 atom stereocenters. The van der Waals surface area contributed by atoms with Gasteiger partial charge in [0.2, 0.25) is 15.9 Å². The van der Waals surface area contributed by atoms with Crippen LogP contribution in [-0.4, -0.2) is 55.2 Å². The van der Waals surface area contributed by atoms with Gasteiger partial charge >= 0.3 is 5.97 Å². The smallest absolute Gasteiger partial charge is 0.320 e. The Hall–Kier alpha value is -1.15. The van der Waals surface area contributed by atoms with Crippen LogP contribution in [0.5, 0.6) is 0 Å². The third-order valence-electron chi connectivity index (χ3n) is 2.71. The Balaban J connectivity index is 2.56. The van der Waals surface area contributed by atoms with Crippen LogP contribution in [0.1, 0.15) is 26.2 Å². The first kappa shape index (κ1) is 14.9. The molecular weight excluding hydrogens is 260 g/mol. The van der Waals surface area contributed by atoms with E-state index in [0.29, 0.717) is 13.1 Å². The number of carboxylic acids is 1. The quantitative estimate of drug-likeness (QED) is 0.698. The Morgan fingerprint density at radius 3 is 2.33 bits per heavy atom. The van der Waals surface area contributed by atoms with Crippen molar-refractivity contribution >= 4 is 21.9 Å². The summed E-state index contributed by atoms with van der Waals surface area (Å²) in [4.78, 5) is 23.9. The lowest BCUT2D eigenvalue weighted by atomic mass is 10.1. The second kappa shape index (κ2) is 6.14. The lowest BCUT2D eigenvalue weighted by Crippen LogP contribution is -2.49. The Labute approximate surface area is 106 Å².